The molecule has 0 radical (unpaired) electrons. The first-order valence-corrected chi connectivity index (χ1v) is 7.15. The minimum absolute atomic E-state index is 0.148. The lowest BCUT2D eigenvalue weighted by atomic mass is 9.94. The van der Waals surface area contributed by atoms with E-state index in [1.165, 1.54) is 0 Å². The van der Waals surface area contributed by atoms with Gasteiger partial charge in [-0.05, 0) is 45.0 Å². The van der Waals surface area contributed by atoms with Crippen molar-refractivity contribution in [2.45, 2.75) is 39.2 Å². The zero-order valence-electron chi connectivity index (χ0n) is 12.6. The first kappa shape index (κ1) is 15.4. The molecule has 1 aliphatic rings. The number of ether oxygens (including phenoxy) is 2. The Hall–Kier alpha value is -2.04. The summed E-state index contributed by atoms with van der Waals surface area (Å²) < 4.78 is 10.6. The monoisotopic (exact) mass is 291 g/mol. The molecule has 5 heteroatoms. The molecular formula is C16H21NO4. The third kappa shape index (κ3) is 4.21. The zero-order chi connectivity index (χ0) is 15.5. The third-order valence-corrected chi connectivity index (χ3v) is 3.33. The summed E-state index contributed by atoms with van der Waals surface area (Å²) in [5, 5.41) is 2.78. The van der Waals surface area contributed by atoms with Crippen LogP contribution in [0.2, 0.25) is 0 Å². The average molecular weight is 291 g/mol. The highest BCUT2D eigenvalue weighted by Crippen LogP contribution is 2.32. The minimum atomic E-state index is -0.471. The standard InChI is InChI=1S/C16H21NO4/c1-4-20-13-7-5-12(6-8-13)17-14(18)9-11-10-16(2,3)21-15(11)19/h5-8,11H,4,9-10H2,1-3H3,(H,17,18)/t11-/m1/s1. The number of hydrogen-bond donors (Lipinski definition) is 1. The summed E-state index contributed by atoms with van der Waals surface area (Å²) in [7, 11) is 0. The van der Waals surface area contributed by atoms with Crippen molar-refractivity contribution in [3.05, 3.63) is 24.3 Å². The number of cyclic esters (lactones) is 1. The molecule has 0 saturated carbocycles. The van der Waals surface area contributed by atoms with Gasteiger partial charge in [0.2, 0.25) is 5.91 Å². The summed E-state index contributed by atoms with van der Waals surface area (Å²) in [4.78, 5) is 23.7. The summed E-state index contributed by atoms with van der Waals surface area (Å²) in [6.45, 7) is 6.23. The van der Waals surface area contributed by atoms with Crippen molar-refractivity contribution >= 4 is 17.6 Å². The molecule has 1 fully saturated rings. The Bertz CT molecular complexity index is 522. The highest BCUT2D eigenvalue weighted by atomic mass is 16.6. The summed E-state index contributed by atoms with van der Waals surface area (Å²) in [6, 6.07) is 7.15. The molecule has 2 rings (SSSR count). The molecule has 1 heterocycles. The van der Waals surface area contributed by atoms with Crippen LogP contribution < -0.4 is 10.1 Å². The molecule has 1 aromatic rings. The number of amides is 1. The Kier molecular flexibility index (Phi) is 4.50. The highest BCUT2D eigenvalue weighted by Gasteiger charge is 2.40. The smallest absolute Gasteiger partial charge is 0.310 e. The predicted molar refractivity (Wildman–Crippen MR) is 79.1 cm³/mol. The van der Waals surface area contributed by atoms with Crippen molar-refractivity contribution in [1.29, 1.82) is 0 Å². The van der Waals surface area contributed by atoms with Crippen molar-refractivity contribution in [3.8, 4) is 5.75 Å². The lowest BCUT2D eigenvalue weighted by molar-refractivity contribution is -0.149. The maximum absolute atomic E-state index is 12.0. The molecule has 1 amide bonds. The van der Waals surface area contributed by atoms with Crippen molar-refractivity contribution in [3.63, 3.8) is 0 Å². The summed E-state index contributed by atoms with van der Waals surface area (Å²) >= 11 is 0. The van der Waals surface area contributed by atoms with Crippen LogP contribution in [-0.4, -0.2) is 24.1 Å². The van der Waals surface area contributed by atoms with E-state index in [4.69, 9.17) is 9.47 Å². The molecule has 0 aromatic heterocycles. The Labute approximate surface area is 124 Å². The van der Waals surface area contributed by atoms with Crippen LogP contribution >= 0.6 is 0 Å². The summed E-state index contributed by atoms with van der Waals surface area (Å²) in [6.07, 6.45) is 0.720. The fourth-order valence-corrected chi connectivity index (χ4v) is 2.47. The van der Waals surface area contributed by atoms with Crippen molar-refractivity contribution in [2.24, 2.45) is 5.92 Å². The van der Waals surface area contributed by atoms with Gasteiger partial charge in [0.05, 0.1) is 12.5 Å². The second kappa shape index (κ2) is 6.16. The van der Waals surface area contributed by atoms with Gasteiger partial charge >= 0.3 is 5.97 Å². The van der Waals surface area contributed by atoms with Crippen molar-refractivity contribution in [2.75, 3.05) is 11.9 Å². The van der Waals surface area contributed by atoms with Gasteiger partial charge < -0.3 is 14.8 Å². The van der Waals surface area contributed by atoms with Gasteiger partial charge in [0.1, 0.15) is 11.4 Å². The Morgan fingerprint density at radius 1 is 1.38 bits per heavy atom. The number of benzene rings is 1. The van der Waals surface area contributed by atoms with Crippen LogP contribution in [0.15, 0.2) is 24.3 Å². The lowest BCUT2D eigenvalue weighted by Crippen LogP contribution is -2.19. The van der Waals surface area contributed by atoms with Crippen LogP contribution in [0.1, 0.15) is 33.6 Å². The number of carbonyl (C=O) groups excluding carboxylic acids is 2. The normalized spacial score (nSPS) is 20.0. The van der Waals surface area contributed by atoms with Crippen LogP contribution in [0.3, 0.4) is 0 Å². The van der Waals surface area contributed by atoms with E-state index in [9.17, 15) is 9.59 Å². The number of esters is 1. The largest absolute Gasteiger partial charge is 0.494 e. The van der Waals surface area contributed by atoms with Crippen LogP contribution in [-0.2, 0) is 14.3 Å². The summed E-state index contributed by atoms with van der Waals surface area (Å²) in [5.74, 6) is -0.0695. The second-order valence-electron chi connectivity index (χ2n) is 5.79. The van der Waals surface area contributed by atoms with Gasteiger partial charge in [-0.15, -0.1) is 0 Å². The highest BCUT2D eigenvalue weighted by molar-refractivity contribution is 5.93. The van der Waals surface area contributed by atoms with Gasteiger partial charge in [0.15, 0.2) is 0 Å². The van der Waals surface area contributed by atoms with Gasteiger partial charge in [-0.2, -0.15) is 0 Å². The van der Waals surface area contributed by atoms with Gasteiger partial charge in [0, 0.05) is 18.5 Å². The molecular weight excluding hydrogens is 270 g/mol. The minimum Gasteiger partial charge on any atom is -0.494 e. The molecule has 1 aromatic carbocycles. The molecule has 0 bridgehead atoms. The molecule has 1 atom stereocenters. The van der Waals surface area contributed by atoms with Crippen LogP contribution in [0, 0.1) is 5.92 Å². The SMILES string of the molecule is CCOc1ccc(NC(=O)C[C@@H]2CC(C)(C)OC2=O)cc1. The average Bonchev–Trinajstić information content (AvgIpc) is 2.65. The maximum Gasteiger partial charge on any atom is 0.310 e. The summed E-state index contributed by atoms with van der Waals surface area (Å²) in [5.41, 5.74) is 0.218. The number of nitrogens with one attached hydrogen (secondary N) is 1. The molecule has 1 aliphatic heterocycles. The second-order valence-corrected chi connectivity index (χ2v) is 5.79. The number of anilines is 1. The number of rotatable bonds is 5. The van der Waals surface area contributed by atoms with Crippen molar-refractivity contribution in [1.82, 2.24) is 0 Å². The van der Waals surface area contributed by atoms with E-state index >= 15 is 0 Å². The fraction of sp³-hybridized carbons (Fsp3) is 0.500. The molecule has 0 unspecified atom stereocenters. The third-order valence-electron chi connectivity index (χ3n) is 3.33. The molecule has 21 heavy (non-hydrogen) atoms. The molecule has 0 aliphatic carbocycles. The Morgan fingerprint density at radius 2 is 2.05 bits per heavy atom. The molecule has 5 nitrogen and oxygen atoms in total. The first-order chi connectivity index (χ1) is 9.89. The van der Waals surface area contributed by atoms with E-state index in [0.717, 1.165) is 5.75 Å². The first-order valence-electron chi connectivity index (χ1n) is 7.15. The fourth-order valence-electron chi connectivity index (χ4n) is 2.47. The van der Waals surface area contributed by atoms with E-state index in [1.807, 2.05) is 20.8 Å². The number of carbonyl (C=O) groups is 2. The van der Waals surface area contributed by atoms with Crippen LogP contribution in [0.4, 0.5) is 5.69 Å². The van der Waals surface area contributed by atoms with E-state index in [1.54, 1.807) is 24.3 Å². The molecule has 1 saturated heterocycles. The molecule has 114 valence electrons. The van der Waals surface area contributed by atoms with Gasteiger partial charge in [-0.25, -0.2) is 0 Å². The van der Waals surface area contributed by atoms with E-state index < -0.39 is 5.60 Å². The Morgan fingerprint density at radius 3 is 2.57 bits per heavy atom. The van der Waals surface area contributed by atoms with Gasteiger partial charge in [-0.3, -0.25) is 9.59 Å². The quantitative estimate of drug-likeness (QED) is 0.847. The lowest BCUT2D eigenvalue weighted by Gasteiger charge is -2.14. The Balaban J connectivity index is 1.88. The predicted octanol–water partition coefficient (Wildman–Crippen LogP) is 2.76. The van der Waals surface area contributed by atoms with Crippen molar-refractivity contribution < 1.29 is 19.1 Å². The number of hydrogen-bond acceptors (Lipinski definition) is 4. The molecule has 0 spiro atoms. The van der Waals surface area contributed by atoms with E-state index in [2.05, 4.69) is 5.32 Å². The molecule has 1 N–H and O–H groups in total. The van der Waals surface area contributed by atoms with Gasteiger partial charge in [-0.1, -0.05) is 0 Å². The maximum atomic E-state index is 12.0. The van der Waals surface area contributed by atoms with Crippen LogP contribution in [0.25, 0.3) is 0 Å². The zero-order valence-corrected chi connectivity index (χ0v) is 12.6. The van der Waals surface area contributed by atoms with E-state index in [0.29, 0.717) is 18.7 Å². The van der Waals surface area contributed by atoms with Gasteiger partial charge in [0.25, 0.3) is 0 Å². The topological polar surface area (TPSA) is 64.6 Å². The van der Waals surface area contributed by atoms with E-state index in [-0.39, 0.29) is 24.2 Å². The van der Waals surface area contributed by atoms with Crippen LogP contribution in [0.5, 0.6) is 5.75 Å².